The first-order valence-electron chi connectivity index (χ1n) is 8.25. The largest absolute Gasteiger partial charge is 0.497 e. The van der Waals surface area contributed by atoms with Gasteiger partial charge >= 0.3 is 0 Å². The molecule has 0 spiro atoms. The van der Waals surface area contributed by atoms with Crippen molar-refractivity contribution in [3.63, 3.8) is 0 Å². The maximum atomic E-state index is 12.4. The van der Waals surface area contributed by atoms with Gasteiger partial charge in [-0.3, -0.25) is 9.69 Å². The number of carbonyl (C=O) groups excluding carboxylic acids is 1. The predicted molar refractivity (Wildman–Crippen MR) is 95.0 cm³/mol. The van der Waals surface area contributed by atoms with Gasteiger partial charge in [0.15, 0.2) is 0 Å². The van der Waals surface area contributed by atoms with Crippen molar-refractivity contribution in [2.24, 2.45) is 0 Å². The van der Waals surface area contributed by atoms with Gasteiger partial charge in [0.25, 0.3) is 0 Å². The normalized spacial score (nSPS) is 15.5. The highest BCUT2D eigenvalue weighted by molar-refractivity contribution is 7.89. The summed E-state index contributed by atoms with van der Waals surface area (Å²) in [5.74, 6) is 0.223. The van der Waals surface area contributed by atoms with Crippen LogP contribution in [-0.4, -0.2) is 79.4 Å². The standard InChI is InChI=1S/C16H25N3O6S/c1-23-13-3-4-15(14(11-13)24-2)26(21,22)18-12-16(20)17-5-6-19-7-9-25-10-8-19/h3-4,11,18H,5-10,12H2,1-2H3,(H,17,20). The molecule has 0 unspecified atom stereocenters. The number of hydrogen-bond acceptors (Lipinski definition) is 7. The van der Waals surface area contributed by atoms with E-state index in [1.807, 2.05) is 0 Å². The molecule has 2 N–H and O–H groups in total. The summed E-state index contributed by atoms with van der Waals surface area (Å²) in [7, 11) is -1.05. The molecule has 9 nitrogen and oxygen atoms in total. The van der Waals surface area contributed by atoms with Crippen LogP contribution in [0.5, 0.6) is 11.5 Å². The van der Waals surface area contributed by atoms with Gasteiger partial charge in [-0.25, -0.2) is 13.1 Å². The summed E-state index contributed by atoms with van der Waals surface area (Å²) in [6.45, 7) is 3.86. The van der Waals surface area contributed by atoms with Crippen molar-refractivity contribution in [2.75, 3.05) is 60.2 Å². The van der Waals surface area contributed by atoms with Gasteiger partial charge in [0.1, 0.15) is 16.4 Å². The number of benzene rings is 1. The number of morpholine rings is 1. The Balaban J connectivity index is 1.84. The van der Waals surface area contributed by atoms with Crippen molar-refractivity contribution in [2.45, 2.75) is 4.90 Å². The quantitative estimate of drug-likeness (QED) is 0.584. The van der Waals surface area contributed by atoms with E-state index in [1.54, 1.807) is 0 Å². The number of methoxy groups -OCH3 is 2. The average molecular weight is 387 g/mol. The van der Waals surface area contributed by atoms with E-state index < -0.39 is 15.9 Å². The number of rotatable bonds is 9. The fourth-order valence-electron chi connectivity index (χ4n) is 2.48. The smallest absolute Gasteiger partial charge is 0.244 e. The maximum absolute atomic E-state index is 12.4. The molecule has 1 fully saturated rings. The molecule has 1 amide bonds. The fourth-order valence-corrected chi connectivity index (χ4v) is 3.61. The first-order chi connectivity index (χ1) is 12.5. The maximum Gasteiger partial charge on any atom is 0.244 e. The van der Waals surface area contributed by atoms with Crippen LogP contribution in [-0.2, 0) is 19.6 Å². The summed E-state index contributed by atoms with van der Waals surface area (Å²) >= 11 is 0. The third-order valence-electron chi connectivity index (χ3n) is 3.94. The number of nitrogens with one attached hydrogen (secondary N) is 2. The molecule has 1 aliphatic heterocycles. The Morgan fingerprint density at radius 2 is 1.96 bits per heavy atom. The second-order valence-electron chi connectivity index (χ2n) is 5.65. The second kappa shape index (κ2) is 9.72. The van der Waals surface area contributed by atoms with E-state index in [1.165, 1.54) is 32.4 Å². The third kappa shape index (κ3) is 5.84. The number of sulfonamides is 1. The van der Waals surface area contributed by atoms with Gasteiger partial charge in [0, 0.05) is 32.2 Å². The molecule has 0 radical (unpaired) electrons. The van der Waals surface area contributed by atoms with E-state index in [0.29, 0.717) is 32.1 Å². The Morgan fingerprint density at radius 1 is 1.23 bits per heavy atom. The van der Waals surface area contributed by atoms with Crippen LogP contribution in [0.15, 0.2) is 23.1 Å². The van der Waals surface area contributed by atoms with Crippen molar-refractivity contribution in [3.05, 3.63) is 18.2 Å². The third-order valence-corrected chi connectivity index (χ3v) is 5.38. The van der Waals surface area contributed by atoms with Gasteiger partial charge in [0.2, 0.25) is 15.9 Å². The molecule has 1 aliphatic rings. The van der Waals surface area contributed by atoms with E-state index in [-0.39, 0.29) is 17.2 Å². The summed E-state index contributed by atoms with van der Waals surface area (Å²) in [5.41, 5.74) is 0. The Labute approximate surface area is 153 Å². The van der Waals surface area contributed by atoms with Gasteiger partial charge in [-0.2, -0.15) is 0 Å². The Kier molecular flexibility index (Phi) is 7.64. The molecule has 0 bridgehead atoms. The van der Waals surface area contributed by atoms with Crippen LogP contribution in [0, 0.1) is 0 Å². The van der Waals surface area contributed by atoms with Crippen LogP contribution in [0.1, 0.15) is 0 Å². The monoisotopic (exact) mass is 387 g/mol. The van der Waals surface area contributed by atoms with Gasteiger partial charge in [0.05, 0.1) is 34.0 Å². The Hall–Kier alpha value is -1.88. The minimum absolute atomic E-state index is 0.0538. The van der Waals surface area contributed by atoms with Gasteiger partial charge in [-0.05, 0) is 12.1 Å². The van der Waals surface area contributed by atoms with Crippen LogP contribution in [0.4, 0.5) is 0 Å². The van der Waals surface area contributed by atoms with E-state index in [4.69, 9.17) is 14.2 Å². The lowest BCUT2D eigenvalue weighted by molar-refractivity contribution is -0.120. The zero-order valence-electron chi connectivity index (χ0n) is 15.0. The van der Waals surface area contributed by atoms with Crippen molar-refractivity contribution in [1.82, 2.24) is 14.9 Å². The second-order valence-corrected chi connectivity index (χ2v) is 7.38. The van der Waals surface area contributed by atoms with Crippen LogP contribution >= 0.6 is 0 Å². The molecular weight excluding hydrogens is 362 g/mol. The molecular formula is C16H25N3O6S. The minimum Gasteiger partial charge on any atom is -0.497 e. The fraction of sp³-hybridized carbons (Fsp3) is 0.562. The van der Waals surface area contributed by atoms with Crippen molar-refractivity contribution in [1.29, 1.82) is 0 Å². The van der Waals surface area contributed by atoms with Crippen LogP contribution in [0.2, 0.25) is 0 Å². The van der Waals surface area contributed by atoms with Crippen LogP contribution < -0.4 is 19.5 Å². The van der Waals surface area contributed by atoms with Gasteiger partial charge < -0.3 is 19.5 Å². The predicted octanol–water partition coefficient (Wildman–Crippen LogP) is -0.569. The number of carbonyl (C=O) groups is 1. The first-order valence-corrected chi connectivity index (χ1v) is 9.73. The zero-order chi connectivity index (χ0) is 19.0. The average Bonchev–Trinajstić information content (AvgIpc) is 2.66. The molecule has 1 aromatic carbocycles. The lowest BCUT2D eigenvalue weighted by Crippen LogP contribution is -2.43. The molecule has 146 valence electrons. The van der Waals surface area contributed by atoms with Crippen molar-refractivity contribution < 1.29 is 27.4 Å². The highest BCUT2D eigenvalue weighted by Gasteiger charge is 2.21. The SMILES string of the molecule is COc1ccc(S(=O)(=O)NCC(=O)NCCN2CCOCC2)c(OC)c1. The molecule has 1 aromatic rings. The van der Waals surface area contributed by atoms with Crippen molar-refractivity contribution in [3.8, 4) is 11.5 Å². The molecule has 26 heavy (non-hydrogen) atoms. The van der Waals surface area contributed by atoms with Crippen LogP contribution in [0.3, 0.4) is 0 Å². The van der Waals surface area contributed by atoms with E-state index in [0.717, 1.165) is 13.1 Å². The summed E-state index contributed by atoms with van der Waals surface area (Å²) < 4.78 is 42.5. The summed E-state index contributed by atoms with van der Waals surface area (Å²) in [6.07, 6.45) is 0. The van der Waals surface area contributed by atoms with E-state index >= 15 is 0 Å². The highest BCUT2D eigenvalue weighted by Crippen LogP contribution is 2.28. The molecule has 1 saturated heterocycles. The molecule has 2 rings (SSSR count). The lowest BCUT2D eigenvalue weighted by atomic mass is 10.3. The number of ether oxygens (including phenoxy) is 3. The first kappa shape index (κ1) is 20.4. The number of amides is 1. The topological polar surface area (TPSA) is 106 Å². The molecule has 0 atom stereocenters. The molecule has 0 saturated carbocycles. The van der Waals surface area contributed by atoms with Crippen LogP contribution in [0.25, 0.3) is 0 Å². The number of nitrogens with zero attached hydrogens (tertiary/aromatic N) is 1. The molecule has 10 heteroatoms. The Bertz CT molecular complexity index is 704. The molecule has 0 aromatic heterocycles. The van der Waals surface area contributed by atoms with Gasteiger partial charge in [-0.15, -0.1) is 0 Å². The molecule has 0 aliphatic carbocycles. The van der Waals surface area contributed by atoms with Gasteiger partial charge in [-0.1, -0.05) is 0 Å². The van der Waals surface area contributed by atoms with E-state index in [2.05, 4.69) is 14.9 Å². The lowest BCUT2D eigenvalue weighted by Gasteiger charge is -2.26. The Morgan fingerprint density at radius 3 is 2.62 bits per heavy atom. The van der Waals surface area contributed by atoms with Crippen molar-refractivity contribution >= 4 is 15.9 Å². The summed E-state index contributed by atoms with van der Waals surface area (Å²) in [6, 6.07) is 4.35. The summed E-state index contributed by atoms with van der Waals surface area (Å²) in [5, 5.41) is 2.70. The minimum atomic E-state index is -3.89. The zero-order valence-corrected chi connectivity index (χ0v) is 15.8. The summed E-state index contributed by atoms with van der Waals surface area (Å²) in [4.78, 5) is 14.0. The number of hydrogen-bond donors (Lipinski definition) is 2. The highest BCUT2D eigenvalue weighted by atomic mass is 32.2. The van der Waals surface area contributed by atoms with E-state index in [9.17, 15) is 13.2 Å². The molecule has 1 heterocycles.